The molecule has 0 amide bonds. The zero-order valence-corrected chi connectivity index (χ0v) is 9.54. The molecule has 15 heavy (non-hydrogen) atoms. The molecule has 0 atom stereocenters. The van der Waals surface area contributed by atoms with Crippen molar-refractivity contribution in [3.05, 3.63) is 35.2 Å². The van der Waals surface area contributed by atoms with Crippen molar-refractivity contribution in [2.75, 3.05) is 6.54 Å². The van der Waals surface area contributed by atoms with Crippen molar-refractivity contribution in [2.45, 2.75) is 20.4 Å². The fourth-order valence-electron chi connectivity index (χ4n) is 1.33. The van der Waals surface area contributed by atoms with Crippen molar-refractivity contribution in [3.8, 4) is 6.07 Å². The molecule has 0 spiro atoms. The number of hydrogen-bond donors (Lipinski definition) is 1. The normalized spacial score (nSPS) is 9.73. The van der Waals surface area contributed by atoms with Crippen LogP contribution in [0.15, 0.2) is 23.9 Å². The Kier molecular flexibility index (Phi) is 4.14. The number of nitriles is 1. The van der Waals surface area contributed by atoms with Crippen LogP contribution in [0.1, 0.15) is 25.1 Å². The quantitative estimate of drug-likeness (QED) is 0.600. The van der Waals surface area contributed by atoms with Crippen LogP contribution in [0.5, 0.6) is 0 Å². The van der Waals surface area contributed by atoms with Crippen LogP contribution in [-0.4, -0.2) is 11.1 Å². The highest BCUT2D eigenvalue weighted by atomic mass is 14.9. The average Bonchev–Trinajstić information content (AvgIpc) is 2.53. The van der Waals surface area contributed by atoms with Crippen LogP contribution in [0.3, 0.4) is 0 Å². The second-order valence-electron chi connectivity index (χ2n) is 3.87. The first kappa shape index (κ1) is 11.5. The minimum atomic E-state index is 0.703. The largest absolute Gasteiger partial charge is 0.342 e. The maximum absolute atomic E-state index is 8.78. The summed E-state index contributed by atoms with van der Waals surface area (Å²) in [7, 11) is 1.89. The van der Waals surface area contributed by atoms with Gasteiger partial charge >= 0.3 is 0 Å². The molecule has 0 aromatic carbocycles. The minimum absolute atomic E-state index is 0.703. The zero-order valence-electron chi connectivity index (χ0n) is 9.54. The van der Waals surface area contributed by atoms with Gasteiger partial charge in [-0.15, -0.1) is 0 Å². The third kappa shape index (κ3) is 3.61. The fraction of sp³-hybridized carbons (Fsp3) is 0.417. The molecule has 0 saturated carbocycles. The summed E-state index contributed by atoms with van der Waals surface area (Å²) >= 11 is 0. The molecule has 0 saturated heterocycles. The van der Waals surface area contributed by atoms with E-state index in [9.17, 15) is 0 Å². The summed E-state index contributed by atoms with van der Waals surface area (Å²) in [5.74, 6) is 0. The van der Waals surface area contributed by atoms with E-state index in [0.717, 1.165) is 18.7 Å². The lowest BCUT2D eigenvalue weighted by atomic mass is 10.3. The van der Waals surface area contributed by atoms with Crippen molar-refractivity contribution in [3.63, 3.8) is 0 Å². The van der Waals surface area contributed by atoms with Gasteiger partial charge in [-0.25, -0.2) is 0 Å². The molecular weight excluding hydrogens is 186 g/mol. The van der Waals surface area contributed by atoms with Gasteiger partial charge in [-0.3, -0.25) is 0 Å². The predicted octanol–water partition coefficient (Wildman–Crippen LogP) is 1.95. The van der Waals surface area contributed by atoms with E-state index >= 15 is 0 Å². The van der Waals surface area contributed by atoms with Gasteiger partial charge in [0, 0.05) is 26.3 Å². The molecule has 3 nitrogen and oxygen atoms in total. The van der Waals surface area contributed by atoms with Gasteiger partial charge < -0.3 is 9.88 Å². The Bertz CT molecular complexity index is 389. The summed E-state index contributed by atoms with van der Waals surface area (Å²) in [5.41, 5.74) is 3.17. The van der Waals surface area contributed by atoms with Gasteiger partial charge in [-0.05, 0) is 25.5 Å². The Labute approximate surface area is 91.0 Å². The third-order valence-corrected chi connectivity index (χ3v) is 2.16. The summed E-state index contributed by atoms with van der Waals surface area (Å²) in [6.45, 7) is 5.84. The molecule has 1 heterocycles. The van der Waals surface area contributed by atoms with Crippen molar-refractivity contribution in [2.24, 2.45) is 7.05 Å². The first-order chi connectivity index (χ1) is 7.13. The third-order valence-electron chi connectivity index (χ3n) is 2.16. The highest BCUT2D eigenvalue weighted by molar-refractivity contribution is 5.28. The highest BCUT2D eigenvalue weighted by Crippen LogP contribution is 2.05. The molecule has 1 aromatic rings. The molecule has 0 bridgehead atoms. The number of aryl methyl sites for hydroxylation is 1. The molecule has 80 valence electrons. The zero-order chi connectivity index (χ0) is 11.3. The number of nitrogens with zero attached hydrogens (tertiary/aromatic N) is 2. The molecule has 0 aliphatic heterocycles. The van der Waals surface area contributed by atoms with E-state index in [2.05, 4.69) is 31.3 Å². The van der Waals surface area contributed by atoms with Crippen LogP contribution in [0, 0.1) is 11.3 Å². The topological polar surface area (TPSA) is 40.8 Å². The van der Waals surface area contributed by atoms with E-state index in [0.29, 0.717) is 5.69 Å². The van der Waals surface area contributed by atoms with Gasteiger partial charge in [-0.2, -0.15) is 5.26 Å². The second kappa shape index (κ2) is 5.38. The van der Waals surface area contributed by atoms with E-state index in [4.69, 9.17) is 5.26 Å². The first-order valence-electron chi connectivity index (χ1n) is 5.03. The van der Waals surface area contributed by atoms with Crippen molar-refractivity contribution >= 4 is 0 Å². The SMILES string of the molecule is CC(C)=CCNCc1cc(C#N)n(C)c1. The standard InChI is InChI=1S/C12H17N3/c1-10(2)4-5-14-8-11-6-12(7-13)15(3)9-11/h4,6,9,14H,5,8H2,1-3H3. The van der Waals surface area contributed by atoms with Crippen LogP contribution < -0.4 is 5.32 Å². The minimum Gasteiger partial charge on any atom is -0.342 e. The average molecular weight is 203 g/mol. The maximum atomic E-state index is 8.78. The maximum Gasteiger partial charge on any atom is 0.120 e. The van der Waals surface area contributed by atoms with Crippen molar-refractivity contribution in [1.29, 1.82) is 5.26 Å². The Balaban J connectivity index is 2.45. The van der Waals surface area contributed by atoms with Gasteiger partial charge in [0.15, 0.2) is 0 Å². The molecule has 0 radical (unpaired) electrons. The van der Waals surface area contributed by atoms with Crippen molar-refractivity contribution in [1.82, 2.24) is 9.88 Å². The number of hydrogen-bond acceptors (Lipinski definition) is 2. The van der Waals surface area contributed by atoms with Crippen LogP contribution >= 0.6 is 0 Å². The lowest BCUT2D eigenvalue weighted by molar-refractivity contribution is 0.754. The molecule has 0 aliphatic carbocycles. The van der Waals surface area contributed by atoms with Crippen LogP contribution in [0.25, 0.3) is 0 Å². The van der Waals surface area contributed by atoms with E-state index in [1.807, 2.05) is 23.9 Å². The Morgan fingerprint density at radius 1 is 1.60 bits per heavy atom. The Hall–Kier alpha value is -1.53. The fourth-order valence-corrected chi connectivity index (χ4v) is 1.33. The molecule has 1 N–H and O–H groups in total. The summed E-state index contributed by atoms with van der Waals surface area (Å²) in [4.78, 5) is 0. The molecular formula is C12H17N3. The molecule has 1 aromatic heterocycles. The van der Waals surface area contributed by atoms with Gasteiger partial charge in [-0.1, -0.05) is 11.6 Å². The lowest BCUT2D eigenvalue weighted by Crippen LogP contribution is -2.12. The van der Waals surface area contributed by atoms with Crippen LogP contribution in [0.4, 0.5) is 0 Å². The number of aromatic nitrogens is 1. The monoisotopic (exact) mass is 203 g/mol. The summed E-state index contributed by atoms with van der Waals surface area (Å²) in [5, 5.41) is 12.1. The molecule has 1 rings (SSSR count). The van der Waals surface area contributed by atoms with Crippen molar-refractivity contribution < 1.29 is 0 Å². The van der Waals surface area contributed by atoms with Gasteiger partial charge in [0.1, 0.15) is 11.8 Å². The molecule has 0 fully saturated rings. The number of rotatable bonds is 4. The lowest BCUT2D eigenvalue weighted by Gasteiger charge is -1.98. The van der Waals surface area contributed by atoms with E-state index in [1.165, 1.54) is 5.57 Å². The van der Waals surface area contributed by atoms with Gasteiger partial charge in [0.25, 0.3) is 0 Å². The Morgan fingerprint density at radius 2 is 2.33 bits per heavy atom. The summed E-state index contributed by atoms with van der Waals surface area (Å²) in [6.07, 6.45) is 4.13. The second-order valence-corrected chi connectivity index (χ2v) is 3.87. The van der Waals surface area contributed by atoms with Crippen LogP contribution in [0.2, 0.25) is 0 Å². The predicted molar refractivity (Wildman–Crippen MR) is 61.3 cm³/mol. The smallest absolute Gasteiger partial charge is 0.120 e. The molecule has 3 heteroatoms. The van der Waals surface area contributed by atoms with E-state index in [-0.39, 0.29) is 0 Å². The first-order valence-corrected chi connectivity index (χ1v) is 5.03. The van der Waals surface area contributed by atoms with Gasteiger partial charge in [0.2, 0.25) is 0 Å². The van der Waals surface area contributed by atoms with E-state index in [1.54, 1.807) is 0 Å². The van der Waals surface area contributed by atoms with Gasteiger partial charge in [0.05, 0.1) is 0 Å². The summed E-state index contributed by atoms with van der Waals surface area (Å²) < 4.78 is 1.85. The highest BCUT2D eigenvalue weighted by Gasteiger charge is 2.00. The Morgan fingerprint density at radius 3 is 2.87 bits per heavy atom. The molecule has 0 aliphatic rings. The van der Waals surface area contributed by atoms with E-state index < -0.39 is 0 Å². The molecule has 0 unspecified atom stereocenters. The number of nitrogens with one attached hydrogen (secondary N) is 1. The summed E-state index contributed by atoms with van der Waals surface area (Å²) in [6, 6.07) is 4.06. The van der Waals surface area contributed by atoms with Crippen LogP contribution in [-0.2, 0) is 13.6 Å². The number of allylic oxidation sites excluding steroid dienone is 1.